The van der Waals surface area contributed by atoms with Crippen LogP contribution in [0.2, 0.25) is 0 Å². The molecule has 0 bridgehead atoms. The molecular formula is C25H21N5. The van der Waals surface area contributed by atoms with Crippen molar-refractivity contribution in [2.75, 3.05) is 0 Å². The van der Waals surface area contributed by atoms with Crippen molar-refractivity contribution in [3.63, 3.8) is 0 Å². The third-order valence-corrected chi connectivity index (χ3v) is 5.17. The van der Waals surface area contributed by atoms with Crippen molar-refractivity contribution in [2.24, 2.45) is 0 Å². The van der Waals surface area contributed by atoms with E-state index in [9.17, 15) is 0 Å². The molecule has 146 valence electrons. The van der Waals surface area contributed by atoms with Crippen molar-refractivity contribution in [1.82, 2.24) is 24.5 Å². The lowest BCUT2D eigenvalue weighted by Crippen LogP contribution is -2.06. The van der Waals surface area contributed by atoms with Gasteiger partial charge in [-0.1, -0.05) is 48.5 Å². The number of aromatic nitrogens is 5. The van der Waals surface area contributed by atoms with Gasteiger partial charge in [0.25, 0.3) is 0 Å². The normalized spacial score (nSPS) is 11.1. The van der Waals surface area contributed by atoms with Crippen LogP contribution in [0.1, 0.15) is 17.2 Å². The zero-order chi connectivity index (χ0) is 20.3. The van der Waals surface area contributed by atoms with Crippen molar-refractivity contribution in [2.45, 2.75) is 19.8 Å². The minimum atomic E-state index is 0.747. The number of hydrogen-bond donors (Lipinski definition) is 0. The topological polar surface area (TPSA) is 56.5 Å². The fraction of sp³-hybridized carbons (Fsp3) is 0.120. The summed E-state index contributed by atoms with van der Waals surface area (Å²) in [5, 5.41) is 0. The van der Waals surface area contributed by atoms with Crippen LogP contribution in [0.5, 0.6) is 0 Å². The van der Waals surface area contributed by atoms with Gasteiger partial charge < -0.3 is 0 Å². The van der Waals surface area contributed by atoms with E-state index in [0.717, 1.165) is 58.2 Å². The third-order valence-electron chi connectivity index (χ3n) is 5.17. The first-order chi connectivity index (χ1) is 14.8. The fourth-order valence-electron chi connectivity index (χ4n) is 3.63. The highest BCUT2D eigenvalue weighted by atomic mass is 15.1. The number of imidazole rings is 1. The van der Waals surface area contributed by atoms with Crippen LogP contribution in [0.4, 0.5) is 0 Å². The first kappa shape index (κ1) is 18.2. The quantitative estimate of drug-likeness (QED) is 0.424. The second-order valence-corrected chi connectivity index (χ2v) is 7.21. The number of pyridine rings is 1. The summed E-state index contributed by atoms with van der Waals surface area (Å²) in [5.74, 6) is 1.82. The van der Waals surface area contributed by atoms with Gasteiger partial charge >= 0.3 is 0 Å². The molecule has 0 saturated heterocycles. The second kappa shape index (κ2) is 7.87. The van der Waals surface area contributed by atoms with Gasteiger partial charge in [0.15, 0.2) is 0 Å². The summed E-state index contributed by atoms with van der Waals surface area (Å²) >= 11 is 0. The zero-order valence-electron chi connectivity index (χ0n) is 16.7. The van der Waals surface area contributed by atoms with Crippen LogP contribution >= 0.6 is 0 Å². The van der Waals surface area contributed by atoms with E-state index in [-0.39, 0.29) is 0 Å². The summed E-state index contributed by atoms with van der Waals surface area (Å²) < 4.78 is 2.08. The lowest BCUT2D eigenvalue weighted by atomic mass is 10.1. The number of benzene rings is 2. The number of aryl methyl sites for hydroxylation is 3. The van der Waals surface area contributed by atoms with E-state index < -0.39 is 0 Å². The molecule has 0 N–H and O–H groups in total. The molecule has 0 amide bonds. The van der Waals surface area contributed by atoms with E-state index in [1.54, 1.807) is 6.20 Å². The number of hydrogen-bond acceptors (Lipinski definition) is 4. The molecule has 0 radical (unpaired) electrons. The summed E-state index contributed by atoms with van der Waals surface area (Å²) in [7, 11) is 0. The summed E-state index contributed by atoms with van der Waals surface area (Å²) in [6.45, 7) is 2.02. The van der Waals surface area contributed by atoms with Gasteiger partial charge in [0, 0.05) is 24.4 Å². The van der Waals surface area contributed by atoms with Crippen LogP contribution in [0.3, 0.4) is 0 Å². The van der Waals surface area contributed by atoms with E-state index in [4.69, 9.17) is 15.0 Å². The van der Waals surface area contributed by atoms with Crippen molar-refractivity contribution in [1.29, 1.82) is 0 Å². The molecule has 0 aliphatic heterocycles. The Hall–Kier alpha value is -3.86. The Morgan fingerprint density at radius 3 is 2.23 bits per heavy atom. The van der Waals surface area contributed by atoms with E-state index >= 15 is 0 Å². The van der Waals surface area contributed by atoms with Crippen molar-refractivity contribution < 1.29 is 0 Å². The predicted molar refractivity (Wildman–Crippen MR) is 118 cm³/mol. The Balaban J connectivity index is 1.50. The minimum absolute atomic E-state index is 0.747. The van der Waals surface area contributed by atoms with Crippen LogP contribution in [-0.2, 0) is 12.8 Å². The van der Waals surface area contributed by atoms with E-state index in [1.807, 2.05) is 67.6 Å². The molecule has 0 atom stereocenters. The van der Waals surface area contributed by atoms with Crippen LogP contribution in [0, 0.1) is 6.92 Å². The molecule has 0 saturated carbocycles. The fourth-order valence-corrected chi connectivity index (χ4v) is 3.63. The first-order valence-corrected chi connectivity index (χ1v) is 10.1. The first-order valence-electron chi connectivity index (χ1n) is 10.1. The molecule has 5 nitrogen and oxygen atoms in total. The average Bonchev–Trinajstić information content (AvgIpc) is 3.23. The molecule has 2 aromatic carbocycles. The standard InChI is InChI=1S/C25H21N5/c1-18-20(28-22-12-6-5-11-21(22)27-18)14-15-25-29-23(19-9-3-2-4-10-19)17-30(25)24-13-7-8-16-26-24/h2-13,16-17H,14-15H2,1H3. The van der Waals surface area contributed by atoms with Crippen LogP contribution < -0.4 is 0 Å². The largest absolute Gasteiger partial charge is 0.287 e. The molecule has 0 aliphatic rings. The Bertz CT molecular complexity index is 1290. The number of para-hydroxylation sites is 2. The zero-order valence-corrected chi connectivity index (χ0v) is 16.7. The van der Waals surface area contributed by atoms with Crippen LogP contribution in [0.25, 0.3) is 28.1 Å². The maximum atomic E-state index is 4.94. The molecule has 5 aromatic rings. The second-order valence-electron chi connectivity index (χ2n) is 7.21. The summed E-state index contributed by atoms with van der Waals surface area (Å²) in [6, 6.07) is 24.1. The van der Waals surface area contributed by atoms with E-state index in [0.29, 0.717) is 0 Å². The lowest BCUT2D eigenvalue weighted by molar-refractivity contribution is 0.795. The van der Waals surface area contributed by atoms with Crippen molar-refractivity contribution in [3.8, 4) is 17.1 Å². The highest BCUT2D eigenvalue weighted by Crippen LogP contribution is 2.22. The van der Waals surface area contributed by atoms with Gasteiger partial charge in [-0.3, -0.25) is 4.57 Å². The van der Waals surface area contributed by atoms with Gasteiger partial charge in [-0.25, -0.2) is 19.9 Å². The van der Waals surface area contributed by atoms with E-state index in [1.165, 1.54) is 0 Å². The van der Waals surface area contributed by atoms with Crippen LogP contribution in [-0.4, -0.2) is 24.5 Å². The smallest absolute Gasteiger partial charge is 0.137 e. The molecule has 5 heteroatoms. The molecule has 5 rings (SSSR count). The SMILES string of the molecule is Cc1nc2ccccc2nc1CCc1nc(-c2ccccc2)cn1-c1ccccn1. The monoisotopic (exact) mass is 391 g/mol. The van der Waals surface area contributed by atoms with Gasteiger partial charge in [0.2, 0.25) is 0 Å². The summed E-state index contributed by atoms with van der Waals surface area (Å²) in [5.41, 5.74) is 5.86. The highest BCUT2D eigenvalue weighted by molar-refractivity contribution is 5.74. The molecule has 3 heterocycles. The molecule has 0 spiro atoms. The highest BCUT2D eigenvalue weighted by Gasteiger charge is 2.13. The third kappa shape index (κ3) is 3.57. The Morgan fingerprint density at radius 1 is 0.733 bits per heavy atom. The Kier molecular flexibility index (Phi) is 4.77. The van der Waals surface area contributed by atoms with Gasteiger partial charge in [-0.15, -0.1) is 0 Å². The average molecular weight is 391 g/mol. The maximum Gasteiger partial charge on any atom is 0.137 e. The van der Waals surface area contributed by atoms with Crippen molar-refractivity contribution in [3.05, 3.63) is 102 Å². The Labute approximate surface area is 175 Å². The van der Waals surface area contributed by atoms with Gasteiger partial charge in [0.1, 0.15) is 11.6 Å². The maximum absolute atomic E-state index is 4.94. The number of fused-ring (bicyclic) bond motifs is 1. The lowest BCUT2D eigenvalue weighted by Gasteiger charge is -2.08. The molecule has 0 unspecified atom stereocenters. The summed E-state index contributed by atoms with van der Waals surface area (Å²) in [6.07, 6.45) is 5.38. The number of rotatable bonds is 5. The van der Waals surface area contributed by atoms with E-state index in [2.05, 4.69) is 27.9 Å². The predicted octanol–water partition coefficient (Wildman–Crippen LogP) is 4.97. The molecule has 0 aliphatic carbocycles. The minimum Gasteiger partial charge on any atom is -0.287 e. The van der Waals surface area contributed by atoms with Gasteiger partial charge in [-0.05, 0) is 37.6 Å². The molecule has 30 heavy (non-hydrogen) atoms. The molecular weight excluding hydrogens is 370 g/mol. The molecule has 3 aromatic heterocycles. The van der Waals surface area contributed by atoms with Gasteiger partial charge in [0.05, 0.1) is 28.1 Å². The van der Waals surface area contributed by atoms with Crippen LogP contribution in [0.15, 0.2) is 85.2 Å². The molecule has 0 fully saturated rings. The summed E-state index contributed by atoms with van der Waals surface area (Å²) in [4.78, 5) is 19.0. The Morgan fingerprint density at radius 2 is 1.47 bits per heavy atom. The van der Waals surface area contributed by atoms with Crippen molar-refractivity contribution >= 4 is 11.0 Å². The van der Waals surface area contributed by atoms with Gasteiger partial charge in [-0.2, -0.15) is 0 Å². The number of nitrogens with zero attached hydrogens (tertiary/aromatic N) is 5.